The molecule has 24 heavy (non-hydrogen) atoms. The van der Waals surface area contributed by atoms with Crippen molar-refractivity contribution in [2.75, 3.05) is 13.2 Å². The summed E-state index contributed by atoms with van der Waals surface area (Å²) in [4.78, 5) is 0. The van der Waals surface area contributed by atoms with Crippen LogP contribution in [-0.2, 0) is 6.42 Å². The van der Waals surface area contributed by atoms with Gasteiger partial charge in [-0.2, -0.15) is 0 Å². The Morgan fingerprint density at radius 1 is 1.08 bits per heavy atom. The van der Waals surface area contributed by atoms with Crippen LogP contribution in [0.1, 0.15) is 51.0 Å². The molecule has 4 aliphatic rings. The van der Waals surface area contributed by atoms with E-state index < -0.39 is 6.10 Å². The Hall–Kier alpha value is -1.06. The largest absolute Gasteiger partial charge is 0.491 e. The summed E-state index contributed by atoms with van der Waals surface area (Å²) in [5, 5.41) is 14.1. The lowest BCUT2D eigenvalue weighted by Crippen LogP contribution is -2.59. The van der Waals surface area contributed by atoms with Gasteiger partial charge in [0.2, 0.25) is 0 Å². The Morgan fingerprint density at radius 3 is 2.21 bits per heavy atom. The maximum atomic E-state index is 10.3. The molecular weight excluding hydrogens is 298 g/mol. The lowest BCUT2D eigenvalue weighted by atomic mass is 9.53. The fourth-order valence-electron chi connectivity index (χ4n) is 5.73. The average Bonchev–Trinajstić information content (AvgIpc) is 2.57. The smallest absolute Gasteiger partial charge is 0.119 e. The molecule has 0 radical (unpaired) electrons. The molecule has 1 aromatic rings. The predicted octanol–water partition coefficient (Wildman–Crippen LogP) is 3.55. The third-order valence-electron chi connectivity index (χ3n) is 6.52. The number of aryl methyl sites for hydroxylation is 1. The number of aliphatic hydroxyl groups is 1. The van der Waals surface area contributed by atoms with Crippen molar-refractivity contribution in [3.05, 3.63) is 29.8 Å². The molecule has 1 unspecified atom stereocenters. The summed E-state index contributed by atoms with van der Waals surface area (Å²) in [7, 11) is 0. The molecule has 4 saturated carbocycles. The van der Waals surface area contributed by atoms with Gasteiger partial charge in [-0.3, -0.25) is 0 Å². The molecule has 0 heterocycles. The van der Waals surface area contributed by atoms with Gasteiger partial charge in [-0.1, -0.05) is 19.1 Å². The highest BCUT2D eigenvalue weighted by atomic mass is 16.5. The van der Waals surface area contributed by atoms with E-state index in [0.29, 0.717) is 18.7 Å². The van der Waals surface area contributed by atoms with E-state index in [1.165, 1.54) is 44.1 Å². The lowest BCUT2D eigenvalue weighted by molar-refractivity contribution is -0.0266. The minimum absolute atomic E-state index is 0.318. The number of rotatable bonds is 7. The summed E-state index contributed by atoms with van der Waals surface area (Å²) in [5.74, 6) is 3.67. The fourth-order valence-corrected chi connectivity index (χ4v) is 5.73. The second-order valence-electron chi connectivity index (χ2n) is 8.54. The number of nitrogens with one attached hydrogen (secondary N) is 1. The van der Waals surface area contributed by atoms with Crippen molar-refractivity contribution in [2.45, 2.75) is 63.5 Å². The van der Waals surface area contributed by atoms with Crippen molar-refractivity contribution in [3.63, 3.8) is 0 Å². The van der Waals surface area contributed by atoms with E-state index in [9.17, 15) is 5.11 Å². The molecule has 1 aromatic carbocycles. The SMILES string of the molecule is CCc1ccc(OCC(O)CNC23CC4CC(CC(C4)C2)C3)cc1. The van der Waals surface area contributed by atoms with Crippen LogP contribution in [0, 0.1) is 17.8 Å². The fraction of sp³-hybridized carbons (Fsp3) is 0.714. The molecule has 0 spiro atoms. The molecule has 132 valence electrons. The number of β-amino-alcohol motifs (C(OH)–C–C–N with tert-alkyl or cyclic N) is 1. The number of aliphatic hydroxyl groups excluding tert-OH is 1. The third-order valence-corrected chi connectivity index (χ3v) is 6.52. The van der Waals surface area contributed by atoms with E-state index in [4.69, 9.17) is 4.74 Å². The van der Waals surface area contributed by atoms with Gasteiger partial charge < -0.3 is 15.2 Å². The highest BCUT2D eigenvalue weighted by Crippen LogP contribution is 2.55. The quantitative estimate of drug-likeness (QED) is 0.804. The molecule has 4 bridgehead atoms. The Morgan fingerprint density at radius 2 is 1.67 bits per heavy atom. The van der Waals surface area contributed by atoms with E-state index in [2.05, 4.69) is 24.4 Å². The van der Waals surface area contributed by atoms with Crippen molar-refractivity contribution >= 4 is 0 Å². The summed E-state index contributed by atoms with van der Waals surface area (Å²) >= 11 is 0. The van der Waals surface area contributed by atoms with E-state index in [0.717, 1.165) is 29.9 Å². The maximum absolute atomic E-state index is 10.3. The van der Waals surface area contributed by atoms with Crippen LogP contribution in [0.4, 0.5) is 0 Å². The zero-order chi connectivity index (χ0) is 16.6. The van der Waals surface area contributed by atoms with Gasteiger partial charge in [0.05, 0.1) is 0 Å². The van der Waals surface area contributed by atoms with Gasteiger partial charge in [0, 0.05) is 12.1 Å². The molecule has 0 amide bonds. The number of hydrogen-bond donors (Lipinski definition) is 2. The molecule has 4 aliphatic carbocycles. The highest BCUT2D eigenvalue weighted by Gasteiger charge is 2.50. The number of hydrogen-bond acceptors (Lipinski definition) is 3. The molecular formula is C21H31NO2. The Kier molecular flexibility index (Phi) is 4.57. The summed E-state index contributed by atoms with van der Waals surface area (Å²) in [6.45, 7) is 3.17. The maximum Gasteiger partial charge on any atom is 0.119 e. The molecule has 5 rings (SSSR count). The average molecular weight is 329 g/mol. The van der Waals surface area contributed by atoms with Gasteiger partial charge in [-0.15, -0.1) is 0 Å². The normalized spacial score (nSPS) is 35.2. The van der Waals surface area contributed by atoms with Crippen LogP contribution in [0.5, 0.6) is 5.75 Å². The zero-order valence-electron chi connectivity index (χ0n) is 14.8. The van der Waals surface area contributed by atoms with Crippen molar-refractivity contribution in [2.24, 2.45) is 17.8 Å². The molecule has 1 atom stereocenters. The molecule has 0 saturated heterocycles. The molecule has 4 fully saturated rings. The van der Waals surface area contributed by atoms with Gasteiger partial charge in [0.1, 0.15) is 18.5 Å². The minimum atomic E-state index is -0.441. The van der Waals surface area contributed by atoms with Crippen LogP contribution < -0.4 is 10.1 Å². The first-order valence-electron chi connectivity index (χ1n) is 9.79. The number of benzene rings is 1. The Bertz CT molecular complexity index is 518. The van der Waals surface area contributed by atoms with Crippen LogP contribution in [0.15, 0.2) is 24.3 Å². The van der Waals surface area contributed by atoms with Crippen LogP contribution in [-0.4, -0.2) is 29.9 Å². The van der Waals surface area contributed by atoms with E-state index in [1.807, 2.05) is 12.1 Å². The molecule has 3 nitrogen and oxygen atoms in total. The summed E-state index contributed by atoms with van der Waals surface area (Å²) < 4.78 is 5.75. The minimum Gasteiger partial charge on any atom is -0.491 e. The van der Waals surface area contributed by atoms with Gasteiger partial charge in [-0.25, -0.2) is 0 Å². The van der Waals surface area contributed by atoms with Gasteiger partial charge in [-0.05, 0) is 80.4 Å². The standard InChI is InChI=1S/C21H31NO2/c1-2-15-3-5-20(6-4-15)24-14-19(23)13-22-21-10-16-7-17(11-21)9-18(8-16)12-21/h3-6,16-19,22-23H,2,7-14H2,1H3. The first-order valence-corrected chi connectivity index (χ1v) is 9.79. The number of ether oxygens (including phenoxy) is 1. The van der Waals surface area contributed by atoms with Crippen LogP contribution in [0.25, 0.3) is 0 Å². The molecule has 0 aromatic heterocycles. The summed E-state index contributed by atoms with van der Waals surface area (Å²) in [6.07, 6.45) is 8.95. The predicted molar refractivity (Wildman–Crippen MR) is 96.2 cm³/mol. The summed E-state index contributed by atoms with van der Waals surface area (Å²) in [6, 6.07) is 8.18. The van der Waals surface area contributed by atoms with Crippen molar-refractivity contribution in [1.82, 2.24) is 5.32 Å². The molecule has 0 aliphatic heterocycles. The van der Waals surface area contributed by atoms with Crippen molar-refractivity contribution in [3.8, 4) is 5.75 Å². The van der Waals surface area contributed by atoms with E-state index in [-0.39, 0.29) is 0 Å². The monoisotopic (exact) mass is 329 g/mol. The first-order chi connectivity index (χ1) is 11.6. The van der Waals surface area contributed by atoms with Crippen LogP contribution >= 0.6 is 0 Å². The molecule has 2 N–H and O–H groups in total. The second kappa shape index (κ2) is 6.68. The van der Waals surface area contributed by atoms with Crippen molar-refractivity contribution < 1.29 is 9.84 Å². The summed E-state index contributed by atoms with van der Waals surface area (Å²) in [5.41, 5.74) is 1.63. The second-order valence-corrected chi connectivity index (χ2v) is 8.54. The Balaban J connectivity index is 1.25. The first kappa shape index (κ1) is 16.4. The van der Waals surface area contributed by atoms with Gasteiger partial charge in [0.25, 0.3) is 0 Å². The van der Waals surface area contributed by atoms with Crippen molar-refractivity contribution in [1.29, 1.82) is 0 Å². The third kappa shape index (κ3) is 3.48. The zero-order valence-corrected chi connectivity index (χ0v) is 14.8. The van der Waals surface area contributed by atoms with E-state index in [1.54, 1.807) is 0 Å². The van der Waals surface area contributed by atoms with Gasteiger partial charge in [0.15, 0.2) is 0 Å². The molecule has 3 heteroatoms. The Labute approximate surface area is 145 Å². The van der Waals surface area contributed by atoms with Crippen LogP contribution in [0.2, 0.25) is 0 Å². The topological polar surface area (TPSA) is 41.5 Å². The highest BCUT2D eigenvalue weighted by molar-refractivity contribution is 5.27. The van der Waals surface area contributed by atoms with Gasteiger partial charge >= 0.3 is 0 Å². The van der Waals surface area contributed by atoms with E-state index >= 15 is 0 Å². The van der Waals surface area contributed by atoms with Crippen LogP contribution in [0.3, 0.4) is 0 Å². The lowest BCUT2D eigenvalue weighted by Gasteiger charge is -2.57.